The summed E-state index contributed by atoms with van der Waals surface area (Å²) in [6.07, 6.45) is -2.31. The normalized spacial score (nSPS) is 21.3. The summed E-state index contributed by atoms with van der Waals surface area (Å²) in [6, 6.07) is 6.68. The van der Waals surface area contributed by atoms with Gasteiger partial charge in [-0.1, -0.05) is 0 Å². The monoisotopic (exact) mass is 439 g/mol. The Morgan fingerprint density at radius 3 is 2.32 bits per heavy atom. The van der Waals surface area contributed by atoms with E-state index < -0.39 is 35.7 Å². The van der Waals surface area contributed by atoms with E-state index in [0.29, 0.717) is 30.9 Å². The smallest absolute Gasteiger partial charge is 0.412 e. The van der Waals surface area contributed by atoms with Crippen molar-refractivity contribution in [2.45, 2.75) is 90.1 Å². The van der Waals surface area contributed by atoms with E-state index in [1.54, 1.807) is 43.2 Å². The summed E-state index contributed by atoms with van der Waals surface area (Å²) < 4.78 is 22.3. The predicted molar refractivity (Wildman–Crippen MR) is 116 cm³/mol. The van der Waals surface area contributed by atoms with Gasteiger partial charge in [0.1, 0.15) is 28.9 Å². The average molecular weight is 440 g/mol. The van der Waals surface area contributed by atoms with E-state index in [4.69, 9.17) is 18.9 Å². The molecular formula is C23H37NO7. The van der Waals surface area contributed by atoms with Crippen molar-refractivity contribution in [3.63, 3.8) is 0 Å². The zero-order chi connectivity index (χ0) is 23.4. The highest BCUT2D eigenvalue weighted by Crippen LogP contribution is 2.32. The summed E-state index contributed by atoms with van der Waals surface area (Å²) in [7, 11) is 1.58. The molecule has 31 heavy (non-hydrogen) atoms. The number of ether oxygens (including phenoxy) is 4. The second kappa shape index (κ2) is 10.1. The van der Waals surface area contributed by atoms with Gasteiger partial charge < -0.3 is 29.2 Å². The van der Waals surface area contributed by atoms with E-state index in [0.717, 1.165) is 0 Å². The molecule has 1 aliphatic heterocycles. The lowest BCUT2D eigenvalue weighted by molar-refractivity contribution is -0.0647. The van der Waals surface area contributed by atoms with Crippen molar-refractivity contribution in [3.05, 3.63) is 24.3 Å². The average Bonchev–Trinajstić information content (AvgIpc) is 2.97. The first-order valence-corrected chi connectivity index (χ1v) is 10.7. The van der Waals surface area contributed by atoms with Crippen LogP contribution in [0.4, 0.5) is 4.79 Å². The third-order valence-electron chi connectivity index (χ3n) is 5.15. The van der Waals surface area contributed by atoms with Gasteiger partial charge in [0.25, 0.3) is 0 Å². The van der Waals surface area contributed by atoms with Gasteiger partial charge in [-0.3, -0.25) is 4.90 Å². The van der Waals surface area contributed by atoms with Crippen LogP contribution in [0.1, 0.15) is 54.4 Å². The van der Waals surface area contributed by atoms with Crippen LogP contribution in [0.25, 0.3) is 0 Å². The molecule has 0 unspecified atom stereocenters. The Kier molecular flexibility index (Phi) is 8.19. The fraction of sp³-hybridized carbons (Fsp3) is 0.696. The molecule has 1 amide bonds. The maximum Gasteiger partial charge on any atom is 0.412 e. The Bertz CT molecular complexity index is 712. The standard InChI is InChI=1S/C23H37NO7/c1-15(25)20(30-18-11-9-17(28-7)10-12-18)19(26)13-8-16-14-29-23(5,6)24(16)21(27)31-22(2,3)4/h9-12,15-16,19-20,25-26H,8,13-14H2,1-7H3/t15-,16-,19+,20-/m0/s1. The number of hydrogen-bond acceptors (Lipinski definition) is 7. The fourth-order valence-corrected chi connectivity index (χ4v) is 3.61. The maximum absolute atomic E-state index is 12.8. The van der Waals surface area contributed by atoms with Crippen LogP contribution < -0.4 is 9.47 Å². The summed E-state index contributed by atoms with van der Waals surface area (Å²) in [5.41, 5.74) is -1.43. The molecule has 2 N–H and O–H groups in total. The molecule has 1 fully saturated rings. The Hall–Kier alpha value is -2.03. The van der Waals surface area contributed by atoms with Crippen molar-refractivity contribution >= 4 is 6.09 Å². The molecule has 0 saturated carbocycles. The predicted octanol–water partition coefficient (Wildman–Crippen LogP) is 3.34. The third kappa shape index (κ3) is 6.98. The van der Waals surface area contributed by atoms with Gasteiger partial charge in [-0.25, -0.2) is 4.79 Å². The quantitative estimate of drug-likeness (QED) is 0.641. The second-order valence-corrected chi connectivity index (χ2v) is 9.41. The van der Waals surface area contributed by atoms with Crippen LogP contribution in [-0.4, -0.2) is 70.6 Å². The van der Waals surface area contributed by atoms with E-state index in [1.165, 1.54) is 0 Å². The van der Waals surface area contributed by atoms with Crippen molar-refractivity contribution < 1.29 is 34.0 Å². The summed E-state index contributed by atoms with van der Waals surface area (Å²) in [5, 5.41) is 20.9. The van der Waals surface area contributed by atoms with E-state index in [9.17, 15) is 15.0 Å². The largest absolute Gasteiger partial charge is 0.497 e. The lowest BCUT2D eigenvalue weighted by Gasteiger charge is -2.35. The summed E-state index contributed by atoms with van der Waals surface area (Å²) >= 11 is 0. The molecule has 0 spiro atoms. The van der Waals surface area contributed by atoms with Gasteiger partial charge in [-0.2, -0.15) is 0 Å². The van der Waals surface area contributed by atoms with E-state index in [1.807, 2.05) is 34.6 Å². The van der Waals surface area contributed by atoms with Gasteiger partial charge in [0.2, 0.25) is 0 Å². The molecule has 0 aromatic heterocycles. The molecule has 0 radical (unpaired) electrons. The zero-order valence-corrected chi connectivity index (χ0v) is 19.6. The molecule has 0 aliphatic carbocycles. The molecule has 2 rings (SSSR count). The van der Waals surface area contributed by atoms with Crippen LogP contribution in [0.15, 0.2) is 24.3 Å². The Morgan fingerprint density at radius 2 is 1.81 bits per heavy atom. The van der Waals surface area contributed by atoms with Gasteiger partial charge in [0.15, 0.2) is 0 Å². The van der Waals surface area contributed by atoms with Crippen LogP contribution in [0.3, 0.4) is 0 Å². The summed E-state index contributed by atoms with van der Waals surface area (Å²) in [4.78, 5) is 14.3. The SMILES string of the molecule is COc1ccc(O[C@@H]([C@H](C)O)[C@H](O)CC[C@H]2COC(C)(C)N2C(=O)OC(C)(C)C)cc1. The molecule has 8 heteroatoms. The van der Waals surface area contributed by atoms with Crippen LogP contribution in [0.5, 0.6) is 11.5 Å². The Balaban J connectivity index is 2.03. The van der Waals surface area contributed by atoms with Gasteiger partial charge in [0.05, 0.1) is 32.0 Å². The lowest BCUT2D eigenvalue weighted by Crippen LogP contribution is -2.50. The van der Waals surface area contributed by atoms with Crippen LogP contribution >= 0.6 is 0 Å². The number of carbonyl (C=O) groups excluding carboxylic acids is 1. The first kappa shape index (κ1) is 25.2. The summed E-state index contributed by atoms with van der Waals surface area (Å²) in [5.74, 6) is 1.21. The van der Waals surface area contributed by atoms with E-state index in [-0.39, 0.29) is 6.04 Å². The number of amides is 1. The van der Waals surface area contributed by atoms with E-state index in [2.05, 4.69) is 0 Å². The minimum atomic E-state index is -0.939. The molecule has 1 aromatic rings. The van der Waals surface area contributed by atoms with Gasteiger partial charge in [0, 0.05) is 0 Å². The summed E-state index contributed by atoms with van der Waals surface area (Å²) in [6.45, 7) is 11.0. The zero-order valence-electron chi connectivity index (χ0n) is 19.6. The van der Waals surface area contributed by atoms with Gasteiger partial charge in [-0.05, 0) is 78.6 Å². The first-order chi connectivity index (χ1) is 14.3. The number of aliphatic hydroxyl groups excluding tert-OH is 2. The topological polar surface area (TPSA) is 97.7 Å². The van der Waals surface area contributed by atoms with Crippen molar-refractivity contribution in [3.8, 4) is 11.5 Å². The molecule has 1 saturated heterocycles. The molecule has 8 nitrogen and oxygen atoms in total. The molecule has 1 heterocycles. The second-order valence-electron chi connectivity index (χ2n) is 9.41. The molecule has 1 aromatic carbocycles. The molecule has 4 atom stereocenters. The minimum Gasteiger partial charge on any atom is -0.497 e. The minimum absolute atomic E-state index is 0.255. The van der Waals surface area contributed by atoms with Crippen LogP contribution in [-0.2, 0) is 9.47 Å². The third-order valence-corrected chi connectivity index (χ3v) is 5.15. The van der Waals surface area contributed by atoms with Crippen molar-refractivity contribution in [1.82, 2.24) is 4.90 Å². The van der Waals surface area contributed by atoms with E-state index >= 15 is 0 Å². The molecule has 176 valence electrons. The Morgan fingerprint density at radius 1 is 1.23 bits per heavy atom. The molecule has 1 aliphatic rings. The first-order valence-electron chi connectivity index (χ1n) is 10.7. The van der Waals surface area contributed by atoms with Crippen molar-refractivity contribution in [2.24, 2.45) is 0 Å². The number of benzene rings is 1. The number of aliphatic hydroxyl groups is 2. The lowest BCUT2D eigenvalue weighted by atomic mass is 10.0. The van der Waals surface area contributed by atoms with Gasteiger partial charge >= 0.3 is 6.09 Å². The number of rotatable bonds is 8. The Labute approximate surface area is 185 Å². The number of carbonyl (C=O) groups is 1. The molecule has 0 bridgehead atoms. The number of nitrogens with zero attached hydrogens (tertiary/aromatic N) is 1. The van der Waals surface area contributed by atoms with Crippen LogP contribution in [0, 0.1) is 0 Å². The number of hydrogen-bond donors (Lipinski definition) is 2. The highest BCUT2D eigenvalue weighted by molar-refractivity contribution is 5.69. The highest BCUT2D eigenvalue weighted by Gasteiger charge is 2.45. The van der Waals surface area contributed by atoms with Crippen molar-refractivity contribution in [1.29, 1.82) is 0 Å². The fourth-order valence-electron chi connectivity index (χ4n) is 3.61. The van der Waals surface area contributed by atoms with Crippen molar-refractivity contribution in [2.75, 3.05) is 13.7 Å². The van der Waals surface area contributed by atoms with Gasteiger partial charge in [-0.15, -0.1) is 0 Å². The van der Waals surface area contributed by atoms with Crippen LogP contribution in [0.2, 0.25) is 0 Å². The molecular weight excluding hydrogens is 402 g/mol. The highest BCUT2D eigenvalue weighted by atomic mass is 16.6. The maximum atomic E-state index is 12.8. The number of methoxy groups -OCH3 is 1.